The quantitative estimate of drug-likeness (QED) is 0.838. The lowest BCUT2D eigenvalue weighted by Gasteiger charge is -2.13. The summed E-state index contributed by atoms with van der Waals surface area (Å²) in [4.78, 5) is 11.5. The van der Waals surface area contributed by atoms with Crippen LogP contribution in [0.1, 0.15) is 13.3 Å². The summed E-state index contributed by atoms with van der Waals surface area (Å²) in [6.45, 7) is 1.76. The van der Waals surface area contributed by atoms with Gasteiger partial charge >= 0.3 is 0 Å². The molecule has 2 N–H and O–H groups in total. The van der Waals surface area contributed by atoms with Crippen LogP contribution in [-0.2, 0) is 4.79 Å². The average Bonchev–Trinajstić information content (AvgIpc) is 2.28. The van der Waals surface area contributed by atoms with Crippen molar-refractivity contribution in [1.29, 1.82) is 0 Å². The third-order valence-electron chi connectivity index (χ3n) is 2.22. The monoisotopic (exact) mass is 335 g/mol. The first-order valence-corrected chi connectivity index (χ1v) is 6.68. The van der Waals surface area contributed by atoms with Crippen LogP contribution in [-0.4, -0.2) is 30.3 Å². The molecule has 1 rings (SSSR count). The molecule has 1 unspecified atom stereocenters. The highest BCUT2D eigenvalue weighted by atomic mass is 79.9. The van der Waals surface area contributed by atoms with Crippen LogP contribution in [0.25, 0.3) is 0 Å². The minimum atomic E-state index is -0.241. The number of aliphatic hydroxyl groups excluding tert-OH is 1. The predicted octanol–water partition coefficient (Wildman–Crippen LogP) is 2.37. The van der Waals surface area contributed by atoms with Gasteiger partial charge in [-0.2, -0.15) is 0 Å². The van der Waals surface area contributed by atoms with Crippen molar-refractivity contribution < 1.29 is 14.6 Å². The molecule has 0 aliphatic rings. The number of ether oxygens (including phenoxy) is 1. The van der Waals surface area contributed by atoms with Gasteiger partial charge in [0.15, 0.2) is 6.61 Å². The Morgan fingerprint density at radius 3 is 2.94 bits per heavy atom. The molecule has 0 radical (unpaired) electrons. The van der Waals surface area contributed by atoms with Gasteiger partial charge in [-0.1, -0.05) is 27.5 Å². The predicted molar refractivity (Wildman–Crippen MR) is 74.0 cm³/mol. The molecule has 0 aliphatic carbocycles. The van der Waals surface area contributed by atoms with E-state index in [0.29, 0.717) is 17.2 Å². The minimum absolute atomic E-state index is 0.0425. The highest BCUT2D eigenvalue weighted by molar-refractivity contribution is 9.10. The molecule has 4 nitrogen and oxygen atoms in total. The Hall–Kier alpha value is -0.780. The van der Waals surface area contributed by atoms with Crippen molar-refractivity contribution in [3.8, 4) is 5.75 Å². The second-order valence-corrected chi connectivity index (χ2v) is 5.17. The normalized spacial score (nSPS) is 12.0. The smallest absolute Gasteiger partial charge is 0.258 e. The molecular weight excluding hydrogens is 321 g/mol. The minimum Gasteiger partial charge on any atom is -0.482 e. The van der Waals surface area contributed by atoms with E-state index >= 15 is 0 Å². The molecule has 1 aromatic rings. The number of amides is 1. The molecule has 100 valence electrons. The third kappa shape index (κ3) is 5.25. The highest BCUT2D eigenvalue weighted by Gasteiger charge is 2.09. The zero-order valence-electron chi connectivity index (χ0n) is 9.95. The first-order valence-electron chi connectivity index (χ1n) is 5.51. The molecule has 0 saturated carbocycles. The van der Waals surface area contributed by atoms with Crippen LogP contribution in [0.5, 0.6) is 5.75 Å². The van der Waals surface area contributed by atoms with Crippen molar-refractivity contribution >= 4 is 33.4 Å². The van der Waals surface area contributed by atoms with Gasteiger partial charge in [0.05, 0.1) is 5.02 Å². The van der Waals surface area contributed by atoms with Crippen molar-refractivity contribution in [2.75, 3.05) is 13.2 Å². The van der Waals surface area contributed by atoms with Crippen LogP contribution in [0, 0.1) is 0 Å². The van der Waals surface area contributed by atoms with E-state index in [1.165, 1.54) is 0 Å². The summed E-state index contributed by atoms with van der Waals surface area (Å²) in [6.07, 6.45) is 0.519. The fraction of sp³-hybridized carbons (Fsp3) is 0.417. The molecule has 1 atom stereocenters. The number of benzene rings is 1. The van der Waals surface area contributed by atoms with Gasteiger partial charge in [-0.25, -0.2) is 0 Å². The van der Waals surface area contributed by atoms with Crippen LogP contribution in [0.2, 0.25) is 5.02 Å². The Morgan fingerprint density at radius 2 is 2.33 bits per heavy atom. The summed E-state index contributed by atoms with van der Waals surface area (Å²) in [6, 6.07) is 5.10. The van der Waals surface area contributed by atoms with Crippen LogP contribution >= 0.6 is 27.5 Å². The molecule has 0 saturated heterocycles. The number of hydrogen-bond donors (Lipinski definition) is 2. The van der Waals surface area contributed by atoms with Crippen LogP contribution in [0.3, 0.4) is 0 Å². The number of rotatable bonds is 6. The Bertz CT molecular complexity index is 414. The van der Waals surface area contributed by atoms with E-state index in [2.05, 4.69) is 21.2 Å². The van der Waals surface area contributed by atoms with E-state index in [0.717, 1.165) is 4.47 Å². The van der Waals surface area contributed by atoms with Crippen LogP contribution in [0.15, 0.2) is 22.7 Å². The first-order chi connectivity index (χ1) is 8.52. The lowest BCUT2D eigenvalue weighted by atomic mass is 10.2. The maximum absolute atomic E-state index is 11.5. The highest BCUT2D eigenvalue weighted by Crippen LogP contribution is 2.27. The van der Waals surface area contributed by atoms with Crippen molar-refractivity contribution in [1.82, 2.24) is 5.32 Å². The molecule has 18 heavy (non-hydrogen) atoms. The van der Waals surface area contributed by atoms with Gasteiger partial charge in [0.1, 0.15) is 5.75 Å². The molecule has 1 aromatic carbocycles. The van der Waals surface area contributed by atoms with Gasteiger partial charge in [0, 0.05) is 17.1 Å². The molecule has 6 heteroatoms. The van der Waals surface area contributed by atoms with E-state index in [9.17, 15) is 4.79 Å². The fourth-order valence-corrected chi connectivity index (χ4v) is 2.05. The Kier molecular flexibility index (Phi) is 6.46. The zero-order chi connectivity index (χ0) is 13.5. The molecule has 0 heterocycles. The Balaban J connectivity index is 2.42. The van der Waals surface area contributed by atoms with E-state index < -0.39 is 0 Å². The van der Waals surface area contributed by atoms with Crippen molar-refractivity contribution in [3.05, 3.63) is 27.7 Å². The SMILES string of the molecule is CC(CCO)NC(=O)COc1ccc(Br)cc1Cl. The van der Waals surface area contributed by atoms with Gasteiger partial charge in [-0.05, 0) is 31.5 Å². The molecule has 0 aliphatic heterocycles. The summed E-state index contributed by atoms with van der Waals surface area (Å²) in [5, 5.41) is 11.9. The Morgan fingerprint density at radius 1 is 1.61 bits per heavy atom. The zero-order valence-corrected chi connectivity index (χ0v) is 12.3. The summed E-state index contributed by atoms with van der Waals surface area (Å²) in [5.74, 6) is 0.222. The van der Waals surface area contributed by atoms with Gasteiger partial charge in [-0.15, -0.1) is 0 Å². The lowest BCUT2D eigenvalue weighted by molar-refractivity contribution is -0.123. The van der Waals surface area contributed by atoms with Crippen molar-refractivity contribution in [3.63, 3.8) is 0 Å². The molecule has 0 bridgehead atoms. The topological polar surface area (TPSA) is 58.6 Å². The maximum atomic E-state index is 11.5. The molecule has 0 fully saturated rings. The van der Waals surface area contributed by atoms with Gasteiger partial charge in [-0.3, -0.25) is 4.79 Å². The summed E-state index contributed by atoms with van der Waals surface area (Å²) < 4.78 is 6.15. The Labute approximate surface area is 119 Å². The number of carbonyl (C=O) groups is 1. The summed E-state index contributed by atoms with van der Waals surface area (Å²) in [5.41, 5.74) is 0. The summed E-state index contributed by atoms with van der Waals surface area (Å²) in [7, 11) is 0. The van der Waals surface area contributed by atoms with Gasteiger partial charge < -0.3 is 15.2 Å². The number of hydrogen-bond acceptors (Lipinski definition) is 3. The number of carbonyl (C=O) groups excluding carboxylic acids is 1. The third-order valence-corrected chi connectivity index (χ3v) is 3.01. The second kappa shape index (κ2) is 7.61. The largest absolute Gasteiger partial charge is 0.482 e. The average molecular weight is 337 g/mol. The number of nitrogens with one attached hydrogen (secondary N) is 1. The second-order valence-electron chi connectivity index (χ2n) is 3.84. The summed E-state index contributed by atoms with van der Waals surface area (Å²) >= 11 is 9.23. The maximum Gasteiger partial charge on any atom is 0.258 e. The van der Waals surface area contributed by atoms with Crippen molar-refractivity contribution in [2.24, 2.45) is 0 Å². The van der Waals surface area contributed by atoms with Crippen LogP contribution < -0.4 is 10.1 Å². The molecule has 1 amide bonds. The lowest BCUT2D eigenvalue weighted by Crippen LogP contribution is -2.36. The van der Waals surface area contributed by atoms with E-state index in [4.69, 9.17) is 21.4 Å². The molecule has 0 aromatic heterocycles. The van der Waals surface area contributed by atoms with Gasteiger partial charge in [0.2, 0.25) is 0 Å². The van der Waals surface area contributed by atoms with E-state index in [1.54, 1.807) is 18.2 Å². The van der Waals surface area contributed by atoms with Gasteiger partial charge in [0.25, 0.3) is 5.91 Å². The molecular formula is C12H15BrClNO3. The number of halogens is 2. The molecule has 0 spiro atoms. The van der Waals surface area contributed by atoms with Crippen molar-refractivity contribution in [2.45, 2.75) is 19.4 Å². The fourth-order valence-electron chi connectivity index (χ4n) is 1.32. The van der Waals surface area contributed by atoms with E-state index in [1.807, 2.05) is 6.92 Å². The van der Waals surface area contributed by atoms with Crippen LogP contribution in [0.4, 0.5) is 0 Å². The standard InChI is InChI=1S/C12H15BrClNO3/c1-8(4-5-16)15-12(17)7-18-11-3-2-9(13)6-10(11)14/h2-3,6,8,16H,4-5,7H2,1H3,(H,15,17). The number of aliphatic hydroxyl groups is 1. The van der Waals surface area contributed by atoms with E-state index in [-0.39, 0.29) is 25.2 Å². The first kappa shape index (κ1) is 15.3.